The van der Waals surface area contributed by atoms with E-state index in [1.165, 1.54) is 24.2 Å². The number of rotatable bonds is 8. The minimum absolute atomic E-state index is 0.0328. The molecular formula is C29H26N8O2S. The lowest BCUT2D eigenvalue weighted by Gasteiger charge is -2.15. The summed E-state index contributed by atoms with van der Waals surface area (Å²) in [6, 6.07) is 11.5. The molecule has 0 saturated carbocycles. The van der Waals surface area contributed by atoms with Crippen LogP contribution in [0.1, 0.15) is 29.4 Å². The molecule has 1 aliphatic heterocycles. The molecule has 1 fully saturated rings. The van der Waals surface area contributed by atoms with E-state index in [2.05, 4.69) is 30.0 Å². The second-order valence-corrected chi connectivity index (χ2v) is 10.9. The Morgan fingerprint density at radius 3 is 2.75 bits per heavy atom. The van der Waals surface area contributed by atoms with Crippen molar-refractivity contribution >= 4 is 39.2 Å². The maximum absolute atomic E-state index is 11.8. The van der Waals surface area contributed by atoms with E-state index in [1.54, 1.807) is 25.5 Å². The van der Waals surface area contributed by atoms with E-state index in [4.69, 9.17) is 14.7 Å². The molecule has 0 spiro atoms. The quantitative estimate of drug-likeness (QED) is 0.243. The van der Waals surface area contributed by atoms with E-state index in [1.807, 2.05) is 36.4 Å². The molecule has 0 radical (unpaired) electrons. The number of thiophene rings is 1. The zero-order valence-corrected chi connectivity index (χ0v) is 22.7. The van der Waals surface area contributed by atoms with Crippen LogP contribution >= 0.6 is 11.3 Å². The Morgan fingerprint density at radius 2 is 1.90 bits per heavy atom. The zero-order valence-electron chi connectivity index (χ0n) is 21.8. The number of ether oxygens (including phenoxy) is 1. The van der Waals surface area contributed by atoms with Crippen molar-refractivity contribution in [3.8, 4) is 39.1 Å². The lowest BCUT2D eigenvalue weighted by Crippen LogP contribution is -2.25. The van der Waals surface area contributed by atoms with Gasteiger partial charge in [-0.3, -0.25) is 24.8 Å². The van der Waals surface area contributed by atoms with Crippen LogP contribution in [0.3, 0.4) is 0 Å². The monoisotopic (exact) mass is 550 g/mol. The normalized spacial score (nSPS) is 13.9. The molecule has 200 valence electrons. The third-order valence-corrected chi connectivity index (χ3v) is 8.30. The molecule has 0 aromatic carbocycles. The summed E-state index contributed by atoms with van der Waals surface area (Å²) in [5, 5.41) is 7.60. The molecule has 0 bridgehead atoms. The summed E-state index contributed by atoms with van der Waals surface area (Å²) in [6.07, 6.45) is 7.80. The number of fused-ring (bicyclic) bond motifs is 2. The summed E-state index contributed by atoms with van der Waals surface area (Å²) < 4.78 is 6.00. The molecule has 7 heterocycles. The number of nitrogens with zero attached hydrogens (tertiary/aromatic N) is 6. The highest BCUT2D eigenvalue weighted by Crippen LogP contribution is 2.34. The summed E-state index contributed by atoms with van der Waals surface area (Å²) in [6.45, 7) is 5.42. The minimum atomic E-state index is 0.0328. The third-order valence-electron chi connectivity index (χ3n) is 7.10. The van der Waals surface area contributed by atoms with Crippen LogP contribution in [0.2, 0.25) is 0 Å². The van der Waals surface area contributed by atoms with E-state index in [9.17, 15) is 4.79 Å². The predicted octanol–water partition coefficient (Wildman–Crippen LogP) is 5.36. The molecule has 6 aromatic rings. The number of aromatic nitrogens is 7. The van der Waals surface area contributed by atoms with E-state index in [0.717, 1.165) is 58.2 Å². The second kappa shape index (κ2) is 10.2. The number of ketones is 1. The largest absolute Gasteiger partial charge is 0.491 e. The van der Waals surface area contributed by atoms with Crippen molar-refractivity contribution in [1.29, 1.82) is 0 Å². The van der Waals surface area contributed by atoms with Crippen molar-refractivity contribution in [2.45, 2.75) is 19.8 Å². The lowest BCUT2D eigenvalue weighted by atomic mass is 10.1. The SMILES string of the molecule is CC(=O)c1ccc(-c2nccc3[nH]c(-c4n[nH]c5ccc(-c6cncc(OCCN7CCCC7)c6)nc45)nc23)s1. The molecule has 1 saturated heterocycles. The number of aromatic amines is 2. The van der Waals surface area contributed by atoms with Crippen molar-refractivity contribution < 1.29 is 9.53 Å². The zero-order chi connectivity index (χ0) is 27.1. The first-order chi connectivity index (χ1) is 19.6. The maximum Gasteiger partial charge on any atom is 0.169 e. The van der Waals surface area contributed by atoms with Gasteiger partial charge in [0, 0.05) is 24.5 Å². The Labute approximate surface area is 233 Å². The number of hydrogen-bond acceptors (Lipinski definition) is 9. The van der Waals surface area contributed by atoms with Gasteiger partial charge in [-0.15, -0.1) is 11.3 Å². The van der Waals surface area contributed by atoms with E-state index in [0.29, 0.717) is 34.0 Å². The van der Waals surface area contributed by atoms with Crippen LogP contribution in [0.25, 0.3) is 55.4 Å². The molecule has 0 amide bonds. The average molecular weight is 551 g/mol. The van der Waals surface area contributed by atoms with Gasteiger partial charge in [0.25, 0.3) is 0 Å². The first-order valence-electron chi connectivity index (χ1n) is 13.2. The molecule has 0 aliphatic carbocycles. The van der Waals surface area contributed by atoms with Gasteiger partial charge < -0.3 is 9.72 Å². The Hall–Kier alpha value is -4.48. The predicted molar refractivity (Wildman–Crippen MR) is 154 cm³/mol. The van der Waals surface area contributed by atoms with Crippen LogP contribution in [0.15, 0.2) is 55.0 Å². The average Bonchev–Trinajstić information content (AvgIpc) is 3.78. The summed E-state index contributed by atoms with van der Waals surface area (Å²) in [5.74, 6) is 1.34. The van der Waals surface area contributed by atoms with Crippen molar-refractivity contribution in [3.63, 3.8) is 0 Å². The van der Waals surface area contributed by atoms with Gasteiger partial charge in [-0.2, -0.15) is 5.10 Å². The number of likely N-dealkylation sites (tertiary alicyclic amines) is 1. The highest BCUT2D eigenvalue weighted by atomic mass is 32.1. The Bertz CT molecular complexity index is 1850. The lowest BCUT2D eigenvalue weighted by molar-refractivity contribution is 0.102. The molecule has 6 aromatic heterocycles. The summed E-state index contributed by atoms with van der Waals surface area (Å²) in [4.78, 5) is 37.9. The van der Waals surface area contributed by atoms with Crippen molar-refractivity contribution in [2.24, 2.45) is 0 Å². The Kier molecular flexibility index (Phi) is 6.29. The highest BCUT2D eigenvalue weighted by molar-refractivity contribution is 7.17. The van der Waals surface area contributed by atoms with Crippen LogP contribution < -0.4 is 4.74 Å². The van der Waals surface area contributed by atoms with Gasteiger partial charge in [0.15, 0.2) is 17.3 Å². The van der Waals surface area contributed by atoms with Gasteiger partial charge >= 0.3 is 0 Å². The second-order valence-electron chi connectivity index (χ2n) is 9.83. The number of nitrogens with one attached hydrogen (secondary N) is 2. The fraction of sp³-hybridized carbons (Fsp3) is 0.241. The number of pyridine rings is 3. The van der Waals surface area contributed by atoms with E-state index < -0.39 is 0 Å². The molecule has 11 heteroatoms. The molecule has 0 atom stereocenters. The molecule has 7 rings (SSSR count). The first kappa shape index (κ1) is 24.6. The van der Waals surface area contributed by atoms with Crippen molar-refractivity contribution in [1.82, 2.24) is 40.0 Å². The Morgan fingerprint density at radius 1 is 1.02 bits per heavy atom. The van der Waals surface area contributed by atoms with Gasteiger partial charge in [-0.05, 0) is 69.3 Å². The molecule has 2 N–H and O–H groups in total. The van der Waals surface area contributed by atoms with Crippen molar-refractivity contribution in [2.75, 3.05) is 26.2 Å². The van der Waals surface area contributed by atoms with E-state index in [-0.39, 0.29) is 5.78 Å². The number of hydrogen-bond donors (Lipinski definition) is 2. The van der Waals surface area contributed by atoms with Gasteiger partial charge in [-0.25, -0.2) is 9.97 Å². The smallest absolute Gasteiger partial charge is 0.169 e. The van der Waals surface area contributed by atoms with Gasteiger partial charge in [-0.1, -0.05) is 0 Å². The van der Waals surface area contributed by atoms with Gasteiger partial charge in [0.2, 0.25) is 0 Å². The summed E-state index contributed by atoms with van der Waals surface area (Å²) >= 11 is 1.41. The number of carbonyl (C=O) groups is 1. The van der Waals surface area contributed by atoms with Gasteiger partial charge in [0.05, 0.1) is 32.7 Å². The van der Waals surface area contributed by atoms with Crippen LogP contribution in [-0.4, -0.2) is 72.0 Å². The molecule has 40 heavy (non-hydrogen) atoms. The standard InChI is InChI=1S/C29H26N8O2S/c1-17(38)23-6-7-24(40-23)27-25-21(8-9-31-27)33-29(34-25)28-26-22(35-36-28)5-4-20(32-26)18-14-19(16-30-15-18)39-13-12-37-10-2-3-11-37/h4-9,14-16H,2-3,10-13H2,1H3,(H,33,34)(H,35,36). The Balaban J connectivity index is 1.20. The third kappa shape index (κ3) is 4.63. The topological polar surface area (TPSA) is 126 Å². The highest BCUT2D eigenvalue weighted by Gasteiger charge is 2.19. The fourth-order valence-corrected chi connectivity index (χ4v) is 5.94. The summed E-state index contributed by atoms with van der Waals surface area (Å²) in [5.41, 5.74) is 6.00. The number of imidazole rings is 1. The molecule has 1 aliphatic rings. The fourth-order valence-electron chi connectivity index (χ4n) is 5.04. The number of carbonyl (C=O) groups excluding carboxylic acids is 1. The number of H-pyrrole nitrogens is 2. The van der Waals surface area contributed by atoms with Crippen LogP contribution in [-0.2, 0) is 0 Å². The van der Waals surface area contributed by atoms with Crippen molar-refractivity contribution in [3.05, 3.63) is 59.9 Å². The minimum Gasteiger partial charge on any atom is -0.491 e. The van der Waals surface area contributed by atoms with Crippen LogP contribution in [0.4, 0.5) is 0 Å². The van der Waals surface area contributed by atoms with Crippen LogP contribution in [0, 0.1) is 0 Å². The first-order valence-corrected chi connectivity index (χ1v) is 14.1. The molecular weight excluding hydrogens is 524 g/mol. The summed E-state index contributed by atoms with van der Waals surface area (Å²) in [7, 11) is 0. The maximum atomic E-state index is 11.8. The van der Waals surface area contributed by atoms with E-state index >= 15 is 0 Å². The molecule has 10 nitrogen and oxygen atoms in total. The van der Waals surface area contributed by atoms with Crippen LogP contribution in [0.5, 0.6) is 5.75 Å². The molecule has 0 unspecified atom stereocenters. The van der Waals surface area contributed by atoms with Gasteiger partial charge in [0.1, 0.15) is 29.1 Å². The number of Topliss-reactive ketones (excluding diaryl/α,β-unsaturated/α-hetero) is 1.